The second-order valence-electron chi connectivity index (χ2n) is 9.10. The minimum atomic E-state index is -0.989. The van der Waals surface area contributed by atoms with Crippen LogP contribution >= 0.6 is 0 Å². The Balaban J connectivity index is 2.30. The van der Waals surface area contributed by atoms with Crippen molar-refractivity contribution in [2.45, 2.75) is 60.3 Å². The number of carbonyl (C=O) groups is 2. The molecule has 1 saturated carbocycles. The molecule has 0 aliphatic heterocycles. The van der Waals surface area contributed by atoms with Crippen molar-refractivity contribution in [3.8, 4) is 0 Å². The average Bonchev–Trinajstić information content (AvgIpc) is 3.02. The molecule has 2 aliphatic rings. The van der Waals surface area contributed by atoms with Crippen molar-refractivity contribution < 1.29 is 14.7 Å². The molecule has 1 aromatic rings. The zero-order valence-electron chi connectivity index (χ0n) is 19.0. The summed E-state index contributed by atoms with van der Waals surface area (Å²) >= 11 is 0. The maximum absolute atomic E-state index is 13.2. The van der Waals surface area contributed by atoms with E-state index < -0.39 is 16.8 Å². The highest BCUT2D eigenvalue weighted by Gasteiger charge is 2.67. The van der Waals surface area contributed by atoms with Crippen LogP contribution in [0.2, 0.25) is 0 Å². The summed E-state index contributed by atoms with van der Waals surface area (Å²) in [7, 11) is 0. The molecule has 3 nitrogen and oxygen atoms in total. The van der Waals surface area contributed by atoms with Crippen LogP contribution < -0.4 is 0 Å². The Morgan fingerprint density at radius 3 is 2.27 bits per heavy atom. The fourth-order valence-electron chi connectivity index (χ4n) is 6.71. The molecule has 0 heterocycles. The van der Waals surface area contributed by atoms with Crippen molar-refractivity contribution in [3.63, 3.8) is 0 Å². The molecule has 1 aromatic carbocycles. The summed E-state index contributed by atoms with van der Waals surface area (Å²) in [5.41, 5.74) is 0.726. The second-order valence-corrected chi connectivity index (χ2v) is 9.10. The molecule has 0 unspecified atom stereocenters. The lowest BCUT2D eigenvalue weighted by Gasteiger charge is -2.55. The third kappa shape index (κ3) is 3.09. The van der Waals surface area contributed by atoms with E-state index in [9.17, 15) is 14.7 Å². The number of carboxylic acid groups (broad SMARTS) is 1. The van der Waals surface area contributed by atoms with Crippen LogP contribution in [0.25, 0.3) is 6.08 Å². The fraction of sp³-hybridized carbons (Fsp3) is 0.556. The molecule has 0 radical (unpaired) electrons. The Kier molecular flexibility index (Phi) is 6.40. The molecule has 162 valence electrons. The van der Waals surface area contributed by atoms with E-state index >= 15 is 0 Å². The van der Waals surface area contributed by atoms with Crippen LogP contribution in [-0.4, -0.2) is 16.9 Å². The van der Waals surface area contributed by atoms with E-state index in [2.05, 4.69) is 32.1 Å². The van der Waals surface area contributed by atoms with Gasteiger partial charge in [-0.15, -0.1) is 0 Å². The third-order valence-electron chi connectivity index (χ3n) is 8.19. The van der Waals surface area contributed by atoms with Gasteiger partial charge in [0, 0.05) is 17.3 Å². The van der Waals surface area contributed by atoms with Crippen LogP contribution in [0.5, 0.6) is 0 Å². The normalized spacial score (nSPS) is 36.0. The molecule has 0 spiro atoms. The second kappa shape index (κ2) is 8.53. The van der Waals surface area contributed by atoms with E-state index in [0.717, 1.165) is 12.0 Å². The van der Waals surface area contributed by atoms with Gasteiger partial charge in [0.25, 0.3) is 0 Å². The Bertz CT molecular complexity index is 852. The number of aliphatic carboxylic acids is 1. The summed E-state index contributed by atoms with van der Waals surface area (Å²) in [6.45, 7) is 10.3. The molecule has 6 atom stereocenters. The number of hydrogen-bond donors (Lipinski definition) is 1. The zero-order valence-corrected chi connectivity index (χ0v) is 19.0. The van der Waals surface area contributed by atoms with Gasteiger partial charge in [0.1, 0.15) is 5.78 Å². The lowest BCUT2D eigenvalue weighted by molar-refractivity contribution is -0.165. The molecule has 30 heavy (non-hydrogen) atoms. The van der Waals surface area contributed by atoms with Gasteiger partial charge in [-0.1, -0.05) is 88.8 Å². The Morgan fingerprint density at radius 1 is 1.10 bits per heavy atom. The average molecular weight is 409 g/mol. The van der Waals surface area contributed by atoms with Gasteiger partial charge in [0.15, 0.2) is 0 Å². The standard InChI is InChI=1S/C27H36O3/c1-6-20-17-26(8-3,16-15-19-13-11-10-12-14-19)27(9-4,25(29)30)23-21(7-2)24(28)18(5)22(20)23/h10-18,21-23H,6-9H2,1-5H3,(H,29,30)/t18-,21-,22+,23-,26-,27-/m0/s1. The van der Waals surface area contributed by atoms with E-state index in [0.29, 0.717) is 19.3 Å². The van der Waals surface area contributed by atoms with Crippen molar-refractivity contribution >= 4 is 17.8 Å². The molecule has 0 amide bonds. The monoisotopic (exact) mass is 408 g/mol. The number of allylic oxidation sites excluding steroid dienone is 3. The molecule has 1 N–H and O–H groups in total. The van der Waals surface area contributed by atoms with E-state index in [1.54, 1.807) is 0 Å². The highest BCUT2D eigenvalue weighted by molar-refractivity contribution is 5.90. The molecule has 1 fully saturated rings. The quantitative estimate of drug-likeness (QED) is 0.531. The summed E-state index contributed by atoms with van der Waals surface area (Å²) in [5, 5.41) is 10.8. The first kappa shape index (κ1) is 22.5. The fourth-order valence-corrected chi connectivity index (χ4v) is 6.71. The first-order chi connectivity index (χ1) is 14.3. The predicted molar refractivity (Wildman–Crippen MR) is 122 cm³/mol. The summed E-state index contributed by atoms with van der Waals surface area (Å²) < 4.78 is 0. The van der Waals surface area contributed by atoms with E-state index in [-0.39, 0.29) is 29.5 Å². The van der Waals surface area contributed by atoms with Gasteiger partial charge < -0.3 is 5.11 Å². The van der Waals surface area contributed by atoms with Gasteiger partial charge in [-0.2, -0.15) is 0 Å². The topological polar surface area (TPSA) is 54.4 Å². The molecule has 3 rings (SSSR count). The Morgan fingerprint density at radius 2 is 1.77 bits per heavy atom. The van der Waals surface area contributed by atoms with Gasteiger partial charge >= 0.3 is 5.97 Å². The summed E-state index contributed by atoms with van der Waals surface area (Å²) in [5.74, 6) is -0.922. The number of ketones is 1. The van der Waals surface area contributed by atoms with Crippen molar-refractivity contribution in [2.75, 3.05) is 0 Å². The van der Waals surface area contributed by atoms with Crippen LogP contribution in [0.1, 0.15) is 65.9 Å². The molecule has 0 aromatic heterocycles. The summed E-state index contributed by atoms with van der Waals surface area (Å²) in [4.78, 5) is 26.4. The van der Waals surface area contributed by atoms with Crippen molar-refractivity contribution in [1.82, 2.24) is 0 Å². The lowest BCUT2D eigenvalue weighted by Crippen LogP contribution is -2.56. The Hall–Kier alpha value is -2.16. The number of fused-ring (bicyclic) bond motifs is 1. The SMILES string of the molecule is CCC1=C[C@@](C=Cc2ccccc2)(CC)[C@](CC)(C(=O)O)[C@@H]2[C@@H]1[C@H](C)C(=O)[C@H]2CC. The van der Waals surface area contributed by atoms with E-state index in [1.165, 1.54) is 5.57 Å². The number of carbonyl (C=O) groups excluding carboxylic acids is 1. The number of carboxylic acids is 1. The highest BCUT2D eigenvalue weighted by Crippen LogP contribution is 2.66. The highest BCUT2D eigenvalue weighted by atomic mass is 16.4. The minimum absolute atomic E-state index is 0.0355. The Labute approximate surface area is 181 Å². The van der Waals surface area contributed by atoms with E-state index in [4.69, 9.17) is 0 Å². The lowest BCUT2D eigenvalue weighted by atomic mass is 9.46. The molecule has 3 heteroatoms. The maximum Gasteiger partial charge on any atom is 0.311 e. The summed E-state index contributed by atoms with van der Waals surface area (Å²) in [6.07, 6.45) is 9.22. The van der Waals surface area contributed by atoms with Gasteiger partial charge in [-0.25, -0.2) is 0 Å². The molecule has 0 saturated heterocycles. The zero-order chi connectivity index (χ0) is 22.1. The number of benzene rings is 1. The van der Waals surface area contributed by atoms with E-state index in [1.807, 2.05) is 51.1 Å². The molecule has 0 bridgehead atoms. The first-order valence-corrected chi connectivity index (χ1v) is 11.6. The number of rotatable bonds is 7. The van der Waals surface area contributed by atoms with Crippen molar-refractivity contribution in [3.05, 3.63) is 53.6 Å². The summed E-state index contributed by atoms with van der Waals surface area (Å²) in [6, 6.07) is 10.1. The van der Waals surface area contributed by atoms with Crippen molar-refractivity contribution in [1.29, 1.82) is 0 Å². The molecular weight excluding hydrogens is 372 g/mol. The predicted octanol–water partition coefficient (Wildman–Crippen LogP) is 6.40. The molecular formula is C27H36O3. The molecule has 2 aliphatic carbocycles. The van der Waals surface area contributed by atoms with Crippen molar-refractivity contribution in [2.24, 2.45) is 34.5 Å². The van der Waals surface area contributed by atoms with Crippen LogP contribution in [-0.2, 0) is 9.59 Å². The van der Waals surface area contributed by atoms with Crippen LogP contribution in [0.4, 0.5) is 0 Å². The first-order valence-electron chi connectivity index (χ1n) is 11.6. The smallest absolute Gasteiger partial charge is 0.311 e. The van der Waals surface area contributed by atoms with Gasteiger partial charge in [-0.05, 0) is 43.1 Å². The van der Waals surface area contributed by atoms with Crippen LogP contribution in [0.15, 0.2) is 48.1 Å². The van der Waals surface area contributed by atoms with Gasteiger partial charge in [0.2, 0.25) is 0 Å². The van der Waals surface area contributed by atoms with Crippen LogP contribution in [0, 0.1) is 34.5 Å². The van der Waals surface area contributed by atoms with Crippen LogP contribution in [0.3, 0.4) is 0 Å². The number of Topliss-reactive ketones (excluding diaryl/α,β-unsaturated/α-hetero) is 1. The van der Waals surface area contributed by atoms with Gasteiger partial charge in [0.05, 0.1) is 5.41 Å². The minimum Gasteiger partial charge on any atom is -0.481 e. The largest absolute Gasteiger partial charge is 0.481 e. The van der Waals surface area contributed by atoms with Gasteiger partial charge in [-0.3, -0.25) is 9.59 Å². The maximum atomic E-state index is 13.2. The third-order valence-corrected chi connectivity index (χ3v) is 8.19. The number of hydrogen-bond acceptors (Lipinski definition) is 2.